The minimum Gasteiger partial charge on any atom is -0.493 e. The van der Waals surface area contributed by atoms with Crippen molar-refractivity contribution in [1.82, 2.24) is 0 Å². The van der Waals surface area contributed by atoms with Crippen molar-refractivity contribution in [2.75, 3.05) is 24.4 Å². The van der Waals surface area contributed by atoms with Crippen LogP contribution < -0.4 is 20.1 Å². The van der Waals surface area contributed by atoms with Gasteiger partial charge in [0.2, 0.25) is 0 Å². The first kappa shape index (κ1) is 24.1. The summed E-state index contributed by atoms with van der Waals surface area (Å²) >= 11 is 3.54. The Kier molecular flexibility index (Phi) is 7.95. The van der Waals surface area contributed by atoms with Crippen LogP contribution >= 0.6 is 15.9 Å². The first-order valence-corrected chi connectivity index (χ1v) is 11.0. The molecular formula is C25H25BrN2O5. The molecular weight excluding hydrogens is 488 g/mol. The van der Waals surface area contributed by atoms with E-state index in [4.69, 9.17) is 9.47 Å². The summed E-state index contributed by atoms with van der Waals surface area (Å²) in [5, 5.41) is 15.3. The van der Waals surface area contributed by atoms with Crippen LogP contribution in [-0.4, -0.2) is 30.7 Å². The highest BCUT2D eigenvalue weighted by atomic mass is 79.9. The average molecular weight is 513 g/mol. The smallest absolute Gasteiger partial charge is 0.335 e. The van der Waals surface area contributed by atoms with E-state index in [1.54, 1.807) is 24.3 Å². The Balaban J connectivity index is 1.77. The van der Waals surface area contributed by atoms with Gasteiger partial charge in [-0.2, -0.15) is 0 Å². The maximum Gasteiger partial charge on any atom is 0.335 e. The summed E-state index contributed by atoms with van der Waals surface area (Å²) in [5.41, 5.74) is 4.30. The Hall–Kier alpha value is -3.52. The van der Waals surface area contributed by atoms with Gasteiger partial charge in [-0.3, -0.25) is 4.79 Å². The molecule has 0 radical (unpaired) electrons. The second-order valence-corrected chi connectivity index (χ2v) is 8.30. The SMILES string of the molecule is COc1ccc(Br)c(CNc2cc(C(=O)O)ccc2C)c1OCC(=O)Nc1ccc(C)cc1. The number of hydrogen-bond donors (Lipinski definition) is 3. The molecule has 33 heavy (non-hydrogen) atoms. The molecule has 0 spiro atoms. The summed E-state index contributed by atoms with van der Waals surface area (Å²) in [5.74, 6) is -0.395. The number of amides is 1. The predicted octanol–water partition coefficient (Wildman–Crippen LogP) is 5.40. The van der Waals surface area contributed by atoms with E-state index < -0.39 is 5.97 Å². The Morgan fingerprint density at radius 3 is 2.42 bits per heavy atom. The van der Waals surface area contributed by atoms with Crippen molar-refractivity contribution >= 4 is 39.2 Å². The van der Waals surface area contributed by atoms with Crippen LogP contribution in [0.15, 0.2) is 59.1 Å². The van der Waals surface area contributed by atoms with Crippen molar-refractivity contribution in [2.45, 2.75) is 20.4 Å². The number of hydrogen-bond acceptors (Lipinski definition) is 5. The van der Waals surface area contributed by atoms with Crippen molar-refractivity contribution in [3.05, 3.63) is 81.3 Å². The lowest BCUT2D eigenvalue weighted by Gasteiger charge is -2.18. The van der Waals surface area contributed by atoms with Crippen LogP contribution in [0.1, 0.15) is 27.0 Å². The van der Waals surface area contributed by atoms with Crippen LogP contribution in [-0.2, 0) is 11.3 Å². The number of aryl methyl sites for hydroxylation is 2. The van der Waals surface area contributed by atoms with Gasteiger partial charge in [0.1, 0.15) is 0 Å². The molecule has 3 aromatic rings. The summed E-state index contributed by atoms with van der Waals surface area (Å²) < 4.78 is 12.1. The highest BCUT2D eigenvalue weighted by Gasteiger charge is 2.17. The third-order valence-electron chi connectivity index (χ3n) is 5.01. The largest absolute Gasteiger partial charge is 0.493 e. The number of rotatable bonds is 9. The zero-order chi connectivity index (χ0) is 24.0. The highest BCUT2D eigenvalue weighted by Crippen LogP contribution is 2.37. The molecule has 0 aromatic heterocycles. The minimum absolute atomic E-state index is 0.192. The van der Waals surface area contributed by atoms with Crippen LogP contribution in [0, 0.1) is 13.8 Å². The van der Waals surface area contributed by atoms with Crippen molar-refractivity contribution in [1.29, 1.82) is 0 Å². The van der Waals surface area contributed by atoms with E-state index in [9.17, 15) is 14.7 Å². The first-order chi connectivity index (χ1) is 15.8. The third-order valence-corrected chi connectivity index (χ3v) is 5.75. The number of benzene rings is 3. The van der Waals surface area contributed by atoms with Gasteiger partial charge in [0.15, 0.2) is 18.1 Å². The number of halogens is 1. The van der Waals surface area contributed by atoms with Crippen molar-refractivity contribution < 1.29 is 24.2 Å². The molecule has 8 heteroatoms. The summed E-state index contributed by atoms with van der Waals surface area (Å²) in [6.07, 6.45) is 0. The van der Waals surface area contributed by atoms with E-state index in [0.29, 0.717) is 29.4 Å². The van der Waals surface area contributed by atoms with Crippen LogP contribution in [0.2, 0.25) is 0 Å². The summed E-state index contributed by atoms with van der Waals surface area (Å²) in [7, 11) is 1.53. The topological polar surface area (TPSA) is 96.9 Å². The van der Waals surface area contributed by atoms with Gasteiger partial charge in [-0.05, 0) is 55.8 Å². The van der Waals surface area contributed by atoms with Crippen LogP contribution in [0.3, 0.4) is 0 Å². The molecule has 0 bridgehead atoms. The van der Waals surface area contributed by atoms with Crippen LogP contribution in [0.4, 0.5) is 11.4 Å². The summed E-state index contributed by atoms with van der Waals surface area (Å²) in [6.45, 7) is 3.97. The van der Waals surface area contributed by atoms with E-state index in [1.807, 2.05) is 44.2 Å². The molecule has 0 aliphatic carbocycles. The Bertz CT molecular complexity index is 1160. The number of carboxylic acid groups (broad SMARTS) is 1. The maximum absolute atomic E-state index is 12.4. The number of nitrogens with one attached hydrogen (secondary N) is 2. The average Bonchev–Trinajstić information content (AvgIpc) is 2.79. The number of carboxylic acids is 1. The van der Waals surface area contributed by atoms with Gasteiger partial charge in [-0.1, -0.05) is 39.7 Å². The van der Waals surface area contributed by atoms with Crippen molar-refractivity contribution in [2.24, 2.45) is 0 Å². The maximum atomic E-state index is 12.4. The zero-order valence-corrected chi connectivity index (χ0v) is 20.2. The number of ether oxygens (including phenoxy) is 2. The summed E-state index contributed by atoms with van der Waals surface area (Å²) in [4.78, 5) is 23.7. The molecule has 0 heterocycles. The van der Waals surface area contributed by atoms with E-state index in [1.165, 1.54) is 7.11 Å². The van der Waals surface area contributed by atoms with Gasteiger partial charge in [0.25, 0.3) is 5.91 Å². The highest BCUT2D eigenvalue weighted by molar-refractivity contribution is 9.10. The van der Waals surface area contributed by atoms with E-state index in [-0.39, 0.29) is 18.1 Å². The second kappa shape index (κ2) is 10.9. The zero-order valence-electron chi connectivity index (χ0n) is 18.6. The van der Waals surface area contributed by atoms with E-state index in [2.05, 4.69) is 26.6 Å². The minimum atomic E-state index is -0.996. The van der Waals surface area contributed by atoms with E-state index in [0.717, 1.165) is 21.2 Å². The number of anilines is 2. The first-order valence-electron chi connectivity index (χ1n) is 10.2. The van der Waals surface area contributed by atoms with E-state index >= 15 is 0 Å². The quantitative estimate of drug-likeness (QED) is 0.355. The Morgan fingerprint density at radius 1 is 1.03 bits per heavy atom. The lowest BCUT2D eigenvalue weighted by Crippen LogP contribution is -2.21. The molecule has 1 amide bonds. The molecule has 0 aliphatic rings. The standard InChI is InChI=1S/C25H25BrN2O5/c1-15-4-8-18(9-5-15)28-23(29)14-33-24-19(20(26)10-11-22(24)32-3)13-27-21-12-17(25(30)31)7-6-16(21)2/h4-12,27H,13-14H2,1-3H3,(H,28,29)(H,30,31). The lowest BCUT2D eigenvalue weighted by molar-refractivity contribution is -0.118. The molecule has 0 atom stereocenters. The number of carbonyl (C=O) groups excluding carboxylic acids is 1. The Morgan fingerprint density at radius 2 is 1.76 bits per heavy atom. The molecule has 7 nitrogen and oxygen atoms in total. The van der Waals surface area contributed by atoms with Gasteiger partial charge < -0.3 is 25.2 Å². The number of methoxy groups -OCH3 is 1. The Labute approximate surface area is 200 Å². The second-order valence-electron chi connectivity index (χ2n) is 7.45. The molecule has 0 unspecified atom stereocenters. The van der Waals surface area contributed by atoms with Crippen LogP contribution in [0.5, 0.6) is 11.5 Å². The number of aromatic carboxylic acids is 1. The van der Waals surface area contributed by atoms with Gasteiger partial charge in [-0.25, -0.2) is 4.79 Å². The molecule has 0 fully saturated rings. The fourth-order valence-electron chi connectivity index (χ4n) is 3.17. The molecule has 3 aromatic carbocycles. The van der Waals surface area contributed by atoms with Gasteiger partial charge >= 0.3 is 5.97 Å². The molecule has 3 N–H and O–H groups in total. The fraction of sp³-hybridized carbons (Fsp3) is 0.200. The fourth-order valence-corrected chi connectivity index (χ4v) is 3.62. The van der Waals surface area contributed by atoms with Gasteiger partial charge in [-0.15, -0.1) is 0 Å². The van der Waals surface area contributed by atoms with Crippen LogP contribution in [0.25, 0.3) is 0 Å². The molecule has 0 saturated heterocycles. The van der Waals surface area contributed by atoms with Gasteiger partial charge in [0.05, 0.1) is 12.7 Å². The van der Waals surface area contributed by atoms with Crippen molar-refractivity contribution in [3.63, 3.8) is 0 Å². The molecule has 0 saturated carbocycles. The molecule has 172 valence electrons. The summed E-state index contributed by atoms with van der Waals surface area (Å²) in [6, 6.07) is 16.0. The third kappa shape index (κ3) is 6.26. The normalized spacial score (nSPS) is 10.4. The van der Waals surface area contributed by atoms with Gasteiger partial charge in [0, 0.05) is 28.0 Å². The van der Waals surface area contributed by atoms with Crippen molar-refractivity contribution in [3.8, 4) is 11.5 Å². The molecule has 3 rings (SSSR count). The predicted molar refractivity (Wildman–Crippen MR) is 131 cm³/mol. The molecule has 0 aliphatic heterocycles. The lowest BCUT2D eigenvalue weighted by atomic mass is 10.1. The monoisotopic (exact) mass is 512 g/mol. The number of carbonyl (C=O) groups is 2.